The molecule has 0 saturated carbocycles. The first kappa shape index (κ1) is 8.72. The van der Waals surface area contributed by atoms with Gasteiger partial charge in [-0.3, -0.25) is 4.79 Å². The summed E-state index contributed by atoms with van der Waals surface area (Å²) in [6, 6.07) is 0. The molecule has 0 aromatic carbocycles. The molecule has 2 aliphatic rings. The zero-order chi connectivity index (χ0) is 9.42. The van der Waals surface area contributed by atoms with Crippen LogP contribution in [0.25, 0.3) is 0 Å². The zero-order valence-corrected chi connectivity index (χ0v) is 7.40. The van der Waals surface area contributed by atoms with Crippen LogP contribution in [0.3, 0.4) is 0 Å². The van der Waals surface area contributed by atoms with E-state index < -0.39 is 6.10 Å². The topological polar surface area (TPSA) is 55.8 Å². The van der Waals surface area contributed by atoms with Crippen molar-refractivity contribution in [2.45, 2.75) is 12.5 Å². The number of carbonyl (C=O) groups is 1. The Kier molecular flexibility index (Phi) is 2.09. The zero-order valence-electron chi connectivity index (χ0n) is 7.40. The van der Waals surface area contributed by atoms with Gasteiger partial charge < -0.3 is 14.6 Å². The van der Waals surface area contributed by atoms with Gasteiger partial charge in [0.2, 0.25) is 0 Å². The molecular weight excluding hydrogens is 172 g/mol. The van der Waals surface area contributed by atoms with Crippen LogP contribution < -0.4 is 0 Å². The molecule has 1 heterocycles. The first-order chi connectivity index (χ1) is 6.22. The molecule has 1 aliphatic heterocycles. The van der Waals surface area contributed by atoms with Crippen LogP contribution in [0.5, 0.6) is 0 Å². The second-order valence-electron chi connectivity index (χ2n) is 3.48. The lowest BCUT2D eigenvalue weighted by Crippen LogP contribution is -2.32. The summed E-state index contributed by atoms with van der Waals surface area (Å²) >= 11 is 0. The van der Waals surface area contributed by atoms with E-state index in [1.54, 1.807) is 13.2 Å². The molecule has 1 saturated heterocycles. The van der Waals surface area contributed by atoms with Crippen molar-refractivity contribution in [1.29, 1.82) is 0 Å². The van der Waals surface area contributed by atoms with Crippen LogP contribution >= 0.6 is 0 Å². The van der Waals surface area contributed by atoms with Crippen molar-refractivity contribution in [1.82, 2.24) is 0 Å². The molecule has 2 bridgehead atoms. The Morgan fingerprint density at radius 1 is 1.77 bits per heavy atom. The lowest BCUT2D eigenvalue weighted by Gasteiger charge is -2.25. The van der Waals surface area contributed by atoms with Gasteiger partial charge in [-0.25, -0.2) is 0 Å². The number of esters is 1. The molecule has 0 spiro atoms. The van der Waals surface area contributed by atoms with Crippen LogP contribution in [-0.2, 0) is 14.3 Å². The summed E-state index contributed by atoms with van der Waals surface area (Å²) in [6.45, 7) is 0.530. The Morgan fingerprint density at radius 2 is 2.54 bits per heavy atom. The van der Waals surface area contributed by atoms with Crippen molar-refractivity contribution in [3.05, 3.63) is 11.8 Å². The number of carbonyl (C=O) groups excluding carboxylic acids is 1. The minimum atomic E-state index is -0.613. The Labute approximate surface area is 76.1 Å². The molecule has 2 rings (SSSR count). The first-order valence-electron chi connectivity index (χ1n) is 4.31. The number of ether oxygens (including phenoxy) is 2. The van der Waals surface area contributed by atoms with Gasteiger partial charge in [0, 0.05) is 18.9 Å². The van der Waals surface area contributed by atoms with Crippen LogP contribution in [0.15, 0.2) is 11.8 Å². The van der Waals surface area contributed by atoms with E-state index in [4.69, 9.17) is 9.47 Å². The third-order valence-corrected chi connectivity index (χ3v) is 2.62. The van der Waals surface area contributed by atoms with E-state index in [9.17, 15) is 9.90 Å². The van der Waals surface area contributed by atoms with E-state index in [2.05, 4.69) is 0 Å². The smallest absolute Gasteiger partial charge is 0.311 e. The average Bonchev–Trinajstić information content (AvgIpc) is 2.31. The summed E-state index contributed by atoms with van der Waals surface area (Å²) < 4.78 is 9.88. The molecule has 4 nitrogen and oxygen atoms in total. The molecule has 1 aliphatic carbocycles. The standard InChI is InChI=1S/C9H12O4/c1-12-4-5-2-7-9(11)6(5)3-8(10)13-7/h2,5-6,9,11H,3-4H2,1H3/t5-,6+,9-/m0/s1. The second-order valence-corrected chi connectivity index (χ2v) is 3.48. The number of aliphatic hydroxyl groups excluding tert-OH is 1. The molecule has 4 heteroatoms. The van der Waals surface area contributed by atoms with Crippen LogP contribution in [-0.4, -0.2) is 30.9 Å². The lowest BCUT2D eigenvalue weighted by molar-refractivity contribution is -0.148. The van der Waals surface area contributed by atoms with Crippen molar-refractivity contribution in [2.75, 3.05) is 13.7 Å². The second kappa shape index (κ2) is 3.12. The highest BCUT2D eigenvalue weighted by atomic mass is 16.5. The van der Waals surface area contributed by atoms with Gasteiger partial charge in [-0.15, -0.1) is 0 Å². The third kappa shape index (κ3) is 1.36. The fourth-order valence-electron chi connectivity index (χ4n) is 1.97. The fraction of sp³-hybridized carbons (Fsp3) is 0.667. The van der Waals surface area contributed by atoms with Gasteiger partial charge in [-0.05, 0) is 6.08 Å². The Morgan fingerprint density at radius 3 is 3.23 bits per heavy atom. The van der Waals surface area contributed by atoms with Crippen LogP contribution in [0.1, 0.15) is 6.42 Å². The van der Waals surface area contributed by atoms with Gasteiger partial charge >= 0.3 is 5.97 Å². The molecule has 0 aromatic heterocycles. The van der Waals surface area contributed by atoms with Crippen molar-refractivity contribution in [2.24, 2.45) is 11.8 Å². The highest BCUT2D eigenvalue weighted by Gasteiger charge is 2.43. The van der Waals surface area contributed by atoms with E-state index in [0.29, 0.717) is 12.4 Å². The third-order valence-electron chi connectivity index (χ3n) is 2.62. The normalized spacial score (nSPS) is 37.2. The van der Waals surface area contributed by atoms with Crippen LogP contribution in [0.4, 0.5) is 0 Å². The minimum absolute atomic E-state index is 0.0452. The van der Waals surface area contributed by atoms with Gasteiger partial charge in [0.25, 0.3) is 0 Å². The van der Waals surface area contributed by atoms with Gasteiger partial charge in [-0.2, -0.15) is 0 Å². The summed E-state index contributed by atoms with van der Waals surface area (Å²) in [6.07, 6.45) is 1.47. The molecule has 1 fully saturated rings. The van der Waals surface area contributed by atoms with E-state index in [1.165, 1.54) is 0 Å². The van der Waals surface area contributed by atoms with Gasteiger partial charge in [-0.1, -0.05) is 0 Å². The Hall–Kier alpha value is -0.870. The number of hydrogen-bond acceptors (Lipinski definition) is 4. The largest absolute Gasteiger partial charge is 0.429 e. The number of rotatable bonds is 2. The van der Waals surface area contributed by atoms with Crippen molar-refractivity contribution >= 4 is 5.97 Å². The van der Waals surface area contributed by atoms with Crippen molar-refractivity contribution in [3.63, 3.8) is 0 Å². The van der Waals surface area contributed by atoms with Crippen molar-refractivity contribution < 1.29 is 19.4 Å². The predicted octanol–water partition coefficient (Wildman–Crippen LogP) is 0.0705. The molecule has 1 N–H and O–H groups in total. The Bertz CT molecular complexity index is 258. The molecule has 0 radical (unpaired) electrons. The summed E-state index contributed by atoms with van der Waals surface area (Å²) in [4.78, 5) is 11.0. The number of methoxy groups -OCH3 is 1. The predicted molar refractivity (Wildman–Crippen MR) is 43.7 cm³/mol. The van der Waals surface area contributed by atoms with Gasteiger partial charge in [0.05, 0.1) is 13.0 Å². The monoisotopic (exact) mass is 184 g/mol. The average molecular weight is 184 g/mol. The highest BCUT2D eigenvalue weighted by molar-refractivity contribution is 5.73. The maximum atomic E-state index is 11.0. The maximum absolute atomic E-state index is 11.0. The summed E-state index contributed by atoms with van der Waals surface area (Å²) in [5.74, 6) is 0.223. The van der Waals surface area contributed by atoms with Crippen LogP contribution in [0, 0.1) is 11.8 Å². The number of fused-ring (bicyclic) bond motifs is 2. The molecule has 0 amide bonds. The van der Waals surface area contributed by atoms with E-state index >= 15 is 0 Å². The van der Waals surface area contributed by atoms with Crippen molar-refractivity contribution in [3.8, 4) is 0 Å². The van der Waals surface area contributed by atoms with Gasteiger partial charge in [0.1, 0.15) is 11.9 Å². The number of aliphatic hydroxyl groups is 1. The summed E-state index contributed by atoms with van der Waals surface area (Å²) in [7, 11) is 1.61. The quantitative estimate of drug-likeness (QED) is 0.617. The summed E-state index contributed by atoms with van der Waals surface area (Å²) in [5.41, 5.74) is 0. The summed E-state index contributed by atoms with van der Waals surface area (Å²) in [5, 5.41) is 9.62. The van der Waals surface area contributed by atoms with Crippen LogP contribution in [0.2, 0.25) is 0 Å². The first-order valence-corrected chi connectivity index (χ1v) is 4.31. The lowest BCUT2D eigenvalue weighted by atomic mass is 9.90. The fourth-order valence-corrected chi connectivity index (χ4v) is 1.97. The van der Waals surface area contributed by atoms with E-state index in [1.807, 2.05) is 0 Å². The molecular formula is C9H12O4. The van der Waals surface area contributed by atoms with E-state index in [-0.39, 0.29) is 24.2 Å². The number of hydrogen-bond donors (Lipinski definition) is 1. The SMILES string of the molecule is COC[C@@H]1C=C2OC(=O)C[C@H]1[C@@H]2O. The molecule has 0 unspecified atom stereocenters. The minimum Gasteiger partial charge on any atom is -0.429 e. The molecule has 72 valence electrons. The van der Waals surface area contributed by atoms with E-state index in [0.717, 1.165) is 0 Å². The molecule has 0 aromatic rings. The Balaban J connectivity index is 2.16. The molecule has 3 atom stereocenters. The molecule has 13 heavy (non-hydrogen) atoms. The maximum Gasteiger partial charge on any atom is 0.311 e. The van der Waals surface area contributed by atoms with Gasteiger partial charge in [0.15, 0.2) is 0 Å². The highest BCUT2D eigenvalue weighted by Crippen LogP contribution is 2.38.